The number of hydrogen-bond acceptors (Lipinski definition) is 4. The molecule has 1 fully saturated rings. The third-order valence-electron chi connectivity index (χ3n) is 6.27. The van der Waals surface area contributed by atoms with E-state index in [1.54, 1.807) is 7.11 Å². The first-order valence-electron chi connectivity index (χ1n) is 11.3. The molecule has 1 aliphatic rings. The number of anilines is 1. The molecule has 0 aliphatic carbocycles. The van der Waals surface area contributed by atoms with Gasteiger partial charge in [-0.25, -0.2) is 4.98 Å². The van der Waals surface area contributed by atoms with E-state index in [4.69, 9.17) is 26.1 Å². The van der Waals surface area contributed by atoms with Crippen LogP contribution in [0, 0.1) is 6.92 Å². The summed E-state index contributed by atoms with van der Waals surface area (Å²) in [6.45, 7) is 3.59. The highest BCUT2D eigenvalue weighted by Gasteiger charge is 2.35. The molecule has 34 heavy (non-hydrogen) atoms. The molecule has 0 bridgehead atoms. The molecule has 7 heteroatoms. The summed E-state index contributed by atoms with van der Waals surface area (Å²) in [7, 11) is 1.63. The number of halogens is 1. The Labute approximate surface area is 203 Å². The molecule has 0 N–H and O–H groups in total. The number of ether oxygens (including phenoxy) is 2. The first kappa shape index (κ1) is 22.3. The molecule has 0 saturated carbocycles. The van der Waals surface area contributed by atoms with E-state index in [1.807, 2.05) is 72.5 Å². The van der Waals surface area contributed by atoms with Gasteiger partial charge >= 0.3 is 0 Å². The quantitative estimate of drug-likeness (QED) is 0.349. The molecule has 1 saturated heterocycles. The number of carbonyl (C=O) groups excluding carboxylic acids is 1. The van der Waals surface area contributed by atoms with Crippen LogP contribution < -0.4 is 14.4 Å². The van der Waals surface area contributed by atoms with E-state index in [0.29, 0.717) is 42.6 Å². The van der Waals surface area contributed by atoms with E-state index >= 15 is 0 Å². The number of para-hydroxylation sites is 4. The SMILES string of the molecule is COc1ccccc1OCCn1c([C@@H]2CC(=O)N(c3ccc(Cl)c(C)c3)C2)nc2ccccc21. The average molecular weight is 476 g/mol. The Morgan fingerprint density at radius 1 is 1.06 bits per heavy atom. The molecule has 0 unspecified atom stereocenters. The average Bonchev–Trinajstić information content (AvgIpc) is 3.42. The zero-order chi connectivity index (χ0) is 23.7. The lowest BCUT2D eigenvalue weighted by atomic mass is 10.1. The Kier molecular flexibility index (Phi) is 6.16. The van der Waals surface area contributed by atoms with Crippen LogP contribution in [0.15, 0.2) is 66.7 Å². The molecule has 1 amide bonds. The lowest BCUT2D eigenvalue weighted by Crippen LogP contribution is -2.24. The molecular weight excluding hydrogens is 450 g/mol. The predicted molar refractivity (Wildman–Crippen MR) is 134 cm³/mol. The van der Waals surface area contributed by atoms with Crippen molar-refractivity contribution < 1.29 is 14.3 Å². The maximum absolute atomic E-state index is 13.0. The predicted octanol–water partition coefficient (Wildman–Crippen LogP) is 5.61. The number of aryl methyl sites for hydroxylation is 1. The van der Waals surface area contributed by atoms with Crippen LogP contribution in [0.5, 0.6) is 11.5 Å². The van der Waals surface area contributed by atoms with Crippen LogP contribution in [-0.2, 0) is 11.3 Å². The lowest BCUT2D eigenvalue weighted by molar-refractivity contribution is -0.117. The smallest absolute Gasteiger partial charge is 0.227 e. The third kappa shape index (κ3) is 4.21. The number of rotatable bonds is 7. The van der Waals surface area contributed by atoms with Gasteiger partial charge in [-0.2, -0.15) is 0 Å². The van der Waals surface area contributed by atoms with Crippen molar-refractivity contribution in [3.63, 3.8) is 0 Å². The van der Waals surface area contributed by atoms with E-state index in [0.717, 1.165) is 28.1 Å². The molecule has 0 radical (unpaired) electrons. The number of hydrogen-bond donors (Lipinski definition) is 0. The zero-order valence-electron chi connectivity index (χ0n) is 19.2. The van der Waals surface area contributed by atoms with E-state index in [9.17, 15) is 4.79 Å². The van der Waals surface area contributed by atoms with Crippen LogP contribution in [0.25, 0.3) is 11.0 Å². The number of amides is 1. The Morgan fingerprint density at radius 2 is 1.82 bits per heavy atom. The summed E-state index contributed by atoms with van der Waals surface area (Å²) >= 11 is 6.19. The number of carbonyl (C=O) groups is 1. The molecule has 3 aromatic carbocycles. The van der Waals surface area contributed by atoms with Gasteiger partial charge in [0.1, 0.15) is 12.4 Å². The molecule has 4 aromatic rings. The summed E-state index contributed by atoms with van der Waals surface area (Å²) in [5.74, 6) is 2.40. The second-order valence-corrected chi connectivity index (χ2v) is 8.86. The monoisotopic (exact) mass is 475 g/mol. The van der Waals surface area contributed by atoms with Crippen LogP contribution in [0.1, 0.15) is 23.7 Å². The Balaban J connectivity index is 1.40. The highest BCUT2D eigenvalue weighted by molar-refractivity contribution is 6.31. The number of imidazole rings is 1. The summed E-state index contributed by atoms with van der Waals surface area (Å²) < 4.78 is 13.6. The Morgan fingerprint density at radius 3 is 2.62 bits per heavy atom. The molecule has 0 spiro atoms. The molecule has 2 heterocycles. The molecule has 5 rings (SSSR count). The van der Waals surface area contributed by atoms with Gasteiger partial charge in [-0.1, -0.05) is 35.9 Å². The first-order valence-corrected chi connectivity index (χ1v) is 11.7. The van der Waals surface area contributed by atoms with Gasteiger partial charge in [0, 0.05) is 29.6 Å². The molecular formula is C27H26ClN3O3. The fourth-order valence-electron chi connectivity index (χ4n) is 4.55. The van der Waals surface area contributed by atoms with Crippen LogP contribution >= 0.6 is 11.6 Å². The highest BCUT2D eigenvalue weighted by Crippen LogP contribution is 2.34. The minimum Gasteiger partial charge on any atom is -0.493 e. The number of aromatic nitrogens is 2. The van der Waals surface area contributed by atoms with Crippen LogP contribution in [0.3, 0.4) is 0 Å². The largest absolute Gasteiger partial charge is 0.493 e. The summed E-state index contributed by atoms with van der Waals surface area (Å²) in [6, 6.07) is 21.4. The Bertz CT molecular complexity index is 1350. The molecule has 6 nitrogen and oxygen atoms in total. The van der Waals surface area contributed by atoms with Gasteiger partial charge < -0.3 is 18.9 Å². The van der Waals surface area contributed by atoms with Gasteiger partial charge in [-0.05, 0) is 55.0 Å². The van der Waals surface area contributed by atoms with Crippen molar-refractivity contribution in [3.05, 3.63) is 83.1 Å². The number of nitrogens with zero attached hydrogens (tertiary/aromatic N) is 3. The van der Waals surface area contributed by atoms with Crippen LogP contribution in [-0.4, -0.2) is 35.7 Å². The summed E-state index contributed by atoms with van der Waals surface area (Å²) in [5, 5.41) is 0.698. The van der Waals surface area contributed by atoms with Crippen molar-refractivity contribution in [3.8, 4) is 11.5 Å². The van der Waals surface area contributed by atoms with Crippen molar-refractivity contribution in [2.45, 2.75) is 25.8 Å². The van der Waals surface area contributed by atoms with Crippen LogP contribution in [0.2, 0.25) is 5.02 Å². The minimum atomic E-state index is -0.0119. The van der Waals surface area contributed by atoms with E-state index in [-0.39, 0.29) is 11.8 Å². The number of methoxy groups -OCH3 is 1. The fraction of sp³-hybridized carbons (Fsp3) is 0.259. The second-order valence-electron chi connectivity index (χ2n) is 8.45. The van der Waals surface area contributed by atoms with E-state index < -0.39 is 0 Å². The second kappa shape index (κ2) is 9.39. The van der Waals surface area contributed by atoms with Gasteiger partial charge in [0.2, 0.25) is 5.91 Å². The lowest BCUT2D eigenvalue weighted by Gasteiger charge is -2.18. The zero-order valence-corrected chi connectivity index (χ0v) is 20.0. The highest BCUT2D eigenvalue weighted by atomic mass is 35.5. The summed E-state index contributed by atoms with van der Waals surface area (Å²) in [4.78, 5) is 19.7. The molecule has 1 aliphatic heterocycles. The van der Waals surface area contributed by atoms with Crippen molar-refractivity contribution in [1.29, 1.82) is 0 Å². The van der Waals surface area contributed by atoms with E-state index in [2.05, 4.69) is 10.6 Å². The van der Waals surface area contributed by atoms with Gasteiger partial charge in [0.05, 0.1) is 24.7 Å². The number of benzene rings is 3. The third-order valence-corrected chi connectivity index (χ3v) is 6.69. The standard InChI is InChI=1S/C27H26ClN3O3/c1-18-15-20(11-12-21(18)28)31-17-19(16-26(31)32)27-29-22-7-3-4-8-23(22)30(27)13-14-34-25-10-6-5-9-24(25)33-2/h3-12,15,19H,13-14,16-17H2,1-2H3/t19-/m1/s1. The van der Waals surface area contributed by atoms with Crippen molar-refractivity contribution in [2.24, 2.45) is 0 Å². The van der Waals surface area contributed by atoms with Gasteiger partial charge in [-0.3, -0.25) is 4.79 Å². The van der Waals surface area contributed by atoms with Crippen molar-refractivity contribution >= 4 is 34.2 Å². The van der Waals surface area contributed by atoms with Crippen molar-refractivity contribution in [2.75, 3.05) is 25.2 Å². The van der Waals surface area contributed by atoms with E-state index in [1.165, 1.54) is 0 Å². The summed E-state index contributed by atoms with van der Waals surface area (Å²) in [5.41, 5.74) is 3.78. The maximum Gasteiger partial charge on any atom is 0.227 e. The molecule has 1 atom stereocenters. The summed E-state index contributed by atoms with van der Waals surface area (Å²) in [6.07, 6.45) is 0.415. The number of fused-ring (bicyclic) bond motifs is 1. The minimum absolute atomic E-state index is 0.0119. The maximum atomic E-state index is 13.0. The topological polar surface area (TPSA) is 56.6 Å². The van der Waals surface area contributed by atoms with Crippen molar-refractivity contribution in [1.82, 2.24) is 9.55 Å². The van der Waals surface area contributed by atoms with Gasteiger partial charge in [0.15, 0.2) is 11.5 Å². The Hall–Kier alpha value is -3.51. The molecule has 174 valence electrons. The van der Waals surface area contributed by atoms with Crippen LogP contribution in [0.4, 0.5) is 5.69 Å². The fourth-order valence-corrected chi connectivity index (χ4v) is 4.67. The molecule has 1 aromatic heterocycles. The van der Waals surface area contributed by atoms with Gasteiger partial charge in [0.25, 0.3) is 0 Å². The van der Waals surface area contributed by atoms with Gasteiger partial charge in [-0.15, -0.1) is 0 Å². The first-order chi connectivity index (χ1) is 16.5. The normalized spacial score (nSPS) is 15.8.